The van der Waals surface area contributed by atoms with Crippen LogP contribution >= 0.6 is 38.6 Å². The van der Waals surface area contributed by atoms with Crippen LogP contribution in [0.15, 0.2) is 135 Å². The van der Waals surface area contributed by atoms with E-state index in [1.165, 1.54) is 69.9 Å². The number of carbonyl (C=O) groups excluding carboxylic acids is 2. The highest BCUT2D eigenvalue weighted by atomic mass is 35.5. The Morgan fingerprint density at radius 2 is 1.37 bits per heavy atom. The van der Waals surface area contributed by atoms with E-state index in [0.717, 1.165) is 61.3 Å². The third-order valence-corrected chi connectivity index (χ3v) is 12.0. The summed E-state index contributed by atoms with van der Waals surface area (Å²) < 4.78 is 21.2. The maximum Gasteiger partial charge on any atom is 0.267 e. The monoisotopic (exact) mass is 1090 g/mol. The maximum atomic E-state index is 11.6. The van der Waals surface area contributed by atoms with Crippen LogP contribution in [0.3, 0.4) is 0 Å². The van der Waals surface area contributed by atoms with Gasteiger partial charge >= 0.3 is 0 Å². The molecule has 18 nitrogen and oxygen atoms in total. The standard InChI is InChI=1S/C28H34N6O2.C14H12ClN3O3.C13H21N3O.2H2S/c1-4-14-34-15-13-21(19-34)16-20-9-11-22(12-10-20)32-28-29-18-25(36-3)27(33-28)31-24-8-6-7-23(17-24)30-26(35)5-2;1-3-12(19)17-9-5-4-6-10(7-9)21-13-11(20-2)8-16-14(15)18-13;1-17-9-8-16-7-6-13(10-16)15-12-4-2-11(14)3-5-12;;/h5-12,17-18,21H,2,4,13-16,19H2,1,3H3,(H,30,35)(H2,29,31,32,33);3-8H,1H2,2H3,(H,17,19);2-5,13,15H,6-10,14H2,1H3;2*1H2/t21-;;13-;;/m1.0../s1. The van der Waals surface area contributed by atoms with Gasteiger partial charge in [-0.15, -0.1) is 0 Å². The quantitative estimate of drug-likeness (QED) is 0.0225. The van der Waals surface area contributed by atoms with Gasteiger partial charge in [0.05, 0.1) is 33.2 Å². The molecule has 0 radical (unpaired) electrons. The first-order chi connectivity index (χ1) is 35.9. The second-order valence-electron chi connectivity index (χ2n) is 17.4. The molecule has 6 aromatic rings. The fourth-order valence-corrected chi connectivity index (χ4v) is 8.26. The van der Waals surface area contributed by atoms with E-state index in [1.807, 2.05) is 36.4 Å². The average molecular weight is 1100 g/mol. The van der Waals surface area contributed by atoms with Gasteiger partial charge in [-0.2, -0.15) is 37.0 Å². The lowest BCUT2D eigenvalue weighted by Gasteiger charge is -2.17. The SMILES string of the molecule is C=CC(=O)Nc1cccc(Nc2nc(Nc3ccc(C[C@H]4CCN(CCC)C4)cc3)ncc2OC)c1.C=CC(=O)Nc1cccc(Oc2nc(Cl)ncc2OC)c1.COCCN1CC[C@H](Nc2ccc(N)cc2)C1.S.S. The molecule has 0 unspecified atom stereocenters. The minimum absolute atomic E-state index is 0. The number of anilines is 8. The summed E-state index contributed by atoms with van der Waals surface area (Å²) in [6, 6.07) is 31.1. The van der Waals surface area contributed by atoms with Crippen molar-refractivity contribution in [2.45, 2.75) is 38.6 Å². The summed E-state index contributed by atoms with van der Waals surface area (Å²) in [6.45, 7) is 16.8. The molecular formula is C55H71ClN12O6S2. The topological polar surface area (TPSA) is 215 Å². The summed E-state index contributed by atoms with van der Waals surface area (Å²) in [5.41, 5.74) is 11.8. The molecule has 406 valence electrons. The van der Waals surface area contributed by atoms with Gasteiger partial charge in [-0.3, -0.25) is 14.5 Å². The van der Waals surface area contributed by atoms with Crippen molar-refractivity contribution in [2.75, 3.05) is 99.5 Å². The van der Waals surface area contributed by atoms with Crippen molar-refractivity contribution in [2.24, 2.45) is 5.92 Å². The molecule has 2 aliphatic heterocycles. The Morgan fingerprint density at radius 3 is 2.04 bits per heavy atom. The summed E-state index contributed by atoms with van der Waals surface area (Å²) in [5, 5.41) is 15.5. The van der Waals surface area contributed by atoms with Crippen LogP contribution in [0.5, 0.6) is 23.1 Å². The van der Waals surface area contributed by atoms with E-state index in [1.54, 1.807) is 56.8 Å². The largest absolute Gasteiger partial charge is 0.491 e. The normalized spacial score (nSPS) is 14.6. The van der Waals surface area contributed by atoms with Crippen molar-refractivity contribution in [1.82, 2.24) is 29.7 Å². The number of nitrogens with one attached hydrogen (secondary N) is 5. The molecule has 21 heteroatoms. The number of hydrogen-bond donors (Lipinski definition) is 6. The zero-order valence-corrected chi connectivity index (χ0v) is 46.2. The van der Waals surface area contributed by atoms with E-state index in [2.05, 4.69) is 101 Å². The van der Waals surface area contributed by atoms with Crippen molar-refractivity contribution in [3.8, 4) is 23.1 Å². The molecular weight excluding hydrogens is 1020 g/mol. The van der Waals surface area contributed by atoms with E-state index in [-0.39, 0.29) is 50.0 Å². The van der Waals surface area contributed by atoms with E-state index in [4.69, 9.17) is 36.3 Å². The summed E-state index contributed by atoms with van der Waals surface area (Å²) >= 11 is 5.73. The van der Waals surface area contributed by atoms with Gasteiger partial charge in [-0.05, 0) is 141 Å². The van der Waals surface area contributed by atoms with Gasteiger partial charge in [0, 0.05) is 79.5 Å². The number of hydrogen-bond acceptors (Lipinski definition) is 16. The van der Waals surface area contributed by atoms with Crippen LogP contribution in [0.2, 0.25) is 5.28 Å². The molecule has 2 amide bonds. The lowest BCUT2D eigenvalue weighted by Crippen LogP contribution is -2.28. The van der Waals surface area contributed by atoms with Gasteiger partial charge in [-0.1, -0.05) is 44.3 Å². The van der Waals surface area contributed by atoms with Crippen molar-refractivity contribution in [1.29, 1.82) is 0 Å². The van der Waals surface area contributed by atoms with Crippen LogP contribution in [-0.4, -0.2) is 115 Å². The maximum absolute atomic E-state index is 11.6. The number of nitrogens with two attached hydrogens (primary N) is 1. The fraction of sp³-hybridized carbons (Fsp3) is 0.309. The zero-order valence-electron chi connectivity index (χ0n) is 43.5. The Balaban J connectivity index is 0.000000265. The zero-order chi connectivity index (χ0) is 52.7. The number of ether oxygens (including phenoxy) is 4. The molecule has 8 rings (SSSR count). The number of aromatic nitrogens is 4. The molecule has 4 aromatic carbocycles. The summed E-state index contributed by atoms with van der Waals surface area (Å²) in [5.74, 6) is 2.61. The number of rotatable bonds is 21. The van der Waals surface area contributed by atoms with Crippen LogP contribution < -0.4 is 46.5 Å². The molecule has 0 aliphatic carbocycles. The highest BCUT2D eigenvalue weighted by Crippen LogP contribution is 2.32. The molecule has 2 aliphatic rings. The number of nitrogens with zero attached hydrogens (tertiary/aromatic N) is 6. The van der Waals surface area contributed by atoms with Crippen molar-refractivity contribution in [3.63, 3.8) is 0 Å². The third kappa shape index (κ3) is 20.2. The number of benzene rings is 4. The van der Waals surface area contributed by atoms with Crippen LogP contribution in [0.4, 0.5) is 45.9 Å². The predicted octanol–water partition coefficient (Wildman–Crippen LogP) is 10.1. The highest BCUT2D eigenvalue weighted by Gasteiger charge is 2.23. The Morgan fingerprint density at radius 1 is 0.737 bits per heavy atom. The molecule has 7 N–H and O–H groups in total. The minimum atomic E-state index is -0.310. The van der Waals surface area contributed by atoms with Crippen molar-refractivity contribution in [3.05, 3.63) is 146 Å². The van der Waals surface area contributed by atoms with Crippen LogP contribution in [0.1, 0.15) is 31.7 Å². The number of carbonyl (C=O) groups is 2. The summed E-state index contributed by atoms with van der Waals surface area (Å²) in [6.07, 6.45) is 10.2. The van der Waals surface area contributed by atoms with Gasteiger partial charge in [0.2, 0.25) is 23.0 Å². The number of amides is 2. The summed E-state index contributed by atoms with van der Waals surface area (Å²) in [7, 11) is 4.79. The van der Waals surface area contributed by atoms with Crippen LogP contribution in [0, 0.1) is 5.92 Å². The smallest absolute Gasteiger partial charge is 0.267 e. The van der Waals surface area contributed by atoms with E-state index >= 15 is 0 Å². The molecule has 2 aromatic heterocycles. The van der Waals surface area contributed by atoms with Gasteiger partial charge in [-0.25, -0.2) is 9.97 Å². The predicted molar refractivity (Wildman–Crippen MR) is 316 cm³/mol. The first-order valence-electron chi connectivity index (χ1n) is 24.4. The highest BCUT2D eigenvalue weighted by molar-refractivity contribution is 7.59. The Labute approximate surface area is 465 Å². The lowest BCUT2D eigenvalue weighted by atomic mass is 9.98. The van der Waals surface area contributed by atoms with E-state index in [9.17, 15) is 9.59 Å². The minimum Gasteiger partial charge on any atom is -0.491 e. The Kier molecular flexibility index (Phi) is 26.2. The van der Waals surface area contributed by atoms with Gasteiger partial charge in [0.15, 0.2) is 17.3 Å². The number of likely N-dealkylation sites (tertiary alicyclic amines) is 2. The fourth-order valence-electron chi connectivity index (χ4n) is 8.14. The molecule has 0 spiro atoms. The molecule has 2 saturated heterocycles. The van der Waals surface area contributed by atoms with E-state index in [0.29, 0.717) is 46.4 Å². The molecule has 76 heavy (non-hydrogen) atoms. The van der Waals surface area contributed by atoms with Gasteiger partial charge < -0.3 is 56.2 Å². The second-order valence-corrected chi connectivity index (χ2v) is 17.7. The Bertz CT molecular complexity index is 2760. The number of halogens is 1. The molecule has 2 atom stereocenters. The molecule has 0 saturated carbocycles. The lowest BCUT2D eigenvalue weighted by molar-refractivity contribution is -0.112. The van der Waals surface area contributed by atoms with Crippen molar-refractivity contribution >= 4 is 96.3 Å². The van der Waals surface area contributed by atoms with E-state index < -0.39 is 0 Å². The second kappa shape index (κ2) is 32.4. The van der Waals surface area contributed by atoms with Gasteiger partial charge in [0.25, 0.3) is 5.88 Å². The van der Waals surface area contributed by atoms with Gasteiger partial charge in [0.1, 0.15) is 5.75 Å². The average Bonchev–Trinajstić information content (AvgIpc) is 4.06. The first kappa shape index (κ1) is 61.5. The van der Waals surface area contributed by atoms with Crippen LogP contribution in [-0.2, 0) is 20.7 Å². The molecule has 0 bridgehead atoms. The van der Waals surface area contributed by atoms with Crippen molar-refractivity contribution < 1.29 is 28.5 Å². The molecule has 4 heterocycles. The first-order valence-corrected chi connectivity index (χ1v) is 24.7. The Hall–Kier alpha value is -7.07. The number of methoxy groups -OCH3 is 3. The summed E-state index contributed by atoms with van der Waals surface area (Å²) in [4.78, 5) is 44.6. The molecule has 2 fully saturated rings. The van der Waals surface area contributed by atoms with Crippen LogP contribution in [0.25, 0.3) is 0 Å². The third-order valence-electron chi connectivity index (χ3n) is 11.8. The number of nitrogen functional groups attached to an aromatic ring is 1.